The van der Waals surface area contributed by atoms with E-state index in [-0.39, 0.29) is 0 Å². The van der Waals surface area contributed by atoms with Crippen LogP contribution in [0.4, 0.5) is 0 Å². The Morgan fingerprint density at radius 3 is 2.74 bits per heavy atom. The molecule has 0 atom stereocenters. The van der Waals surface area contributed by atoms with E-state index in [1.165, 1.54) is 11.1 Å². The van der Waals surface area contributed by atoms with E-state index in [9.17, 15) is 0 Å². The molecule has 1 aromatic carbocycles. The zero-order chi connectivity index (χ0) is 13.7. The van der Waals surface area contributed by atoms with Crippen LogP contribution in [0, 0.1) is 0 Å². The lowest BCUT2D eigenvalue weighted by molar-refractivity contribution is 0.304. The standard InChI is InChI=1S/C15H18BrNOS/c1-11(2)17-8-12-3-4-15(14(16)7-12)18-9-13-5-6-19-10-13/h3-7,10-11,17H,8-9H2,1-2H3. The molecule has 1 aromatic heterocycles. The van der Waals surface area contributed by atoms with Gasteiger partial charge in [0.1, 0.15) is 12.4 Å². The van der Waals surface area contributed by atoms with Gasteiger partial charge in [-0.3, -0.25) is 0 Å². The fourth-order valence-corrected chi connectivity index (χ4v) is 2.82. The highest BCUT2D eigenvalue weighted by atomic mass is 79.9. The molecule has 0 saturated carbocycles. The van der Waals surface area contributed by atoms with Gasteiger partial charge in [-0.1, -0.05) is 19.9 Å². The summed E-state index contributed by atoms with van der Waals surface area (Å²) >= 11 is 5.26. The number of hydrogen-bond acceptors (Lipinski definition) is 3. The summed E-state index contributed by atoms with van der Waals surface area (Å²) < 4.78 is 6.81. The van der Waals surface area contributed by atoms with E-state index < -0.39 is 0 Å². The number of nitrogens with one attached hydrogen (secondary N) is 1. The van der Waals surface area contributed by atoms with Crippen molar-refractivity contribution in [1.82, 2.24) is 5.32 Å². The van der Waals surface area contributed by atoms with Crippen LogP contribution < -0.4 is 10.1 Å². The van der Waals surface area contributed by atoms with Crippen molar-refractivity contribution in [3.8, 4) is 5.75 Å². The lowest BCUT2D eigenvalue weighted by Crippen LogP contribution is -2.21. The molecule has 2 rings (SSSR count). The summed E-state index contributed by atoms with van der Waals surface area (Å²) in [4.78, 5) is 0. The Balaban J connectivity index is 1.94. The highest BCUT2D eigenvalue weighted by Crippen LogP contribution is 2.27. The molecule has 0 bridgehead atoms. The maximum Gasteiger partial charge on any atom is 0.134 e. The lowest BCUT2D eigenvalue weighted by atomic mass is 10.2. The van der Waals surface area contributed by atoms with E-state index in [1.807, 2.05) is 6.07 Å². The molecule has 0 fully saturated rings. The van der Waals surface area contributed by atoms with Gasteiger partial charge in [-0.25, -0.2) is 0 Å². The summed E-state index contributed by atoms with van der Waals surface area (Å²) in [5.41, 5.74) is 2.46. The van der Waals surface area contributed by atoms with Gasteiger partial charge < -0.3 is 10.1 Å². The average Bonchev–Trinajstić information content (AvgIpc) is 2.88. The van der Waals surface area contributed by atoms with Crippen molar-refractivity contribution >= 4 is 27.3 Å². The predicted octanol–water partition coefficient (Wildman–Crippen LogP) is 4.59. The van der Waals surface area contributed by atoms with Gasteiger partial charge in [-0.2, -0.15) is 11.3 Å². The van der Waals surface area contributed by atoms with Crippen molar-refractivity contribution in [2.45, 2.75) is 33.0 Å². The van der Waals surface area contributed by atoms with Gasteiger partial charge in [0.15, 0.2) is 0 Å². The van der Waals surface area contributed by atoms with Gasteiger partial charge in [-0.05, 0) is 56.0 Å². The Morgan fingerprint density at radius 2 is 2.11 bits per heavy atom. The minimum Gasteiger partial charge on any atom is -0.488 e. The number of hydrogen-bond donors (Lipinski definition) is 1. The first-order valence-electron chi connectivity index (χ1n) is 6.31. The molecule has 1 heterocycles. The van der Waals surface area contributed by atoms with Crippen LogP contribution in [0.15, 0.2) is 39.5 Å². The second-order valence-electron chi connectivity index (χ2n) is 4.72. The molecular formula is C15H18BrNOS. The number of halogens is 1. The minimum atomic E-state index is 0.494. The first-order valence-corrected chi connectivity index (χ1v) is 8.04. The summed E-state index contributed by atoms with van der Waals surface area (Å²) in [7, 11) is 0. The number of rotatable bonds is 6. The van der Waals surface area contributed by atoms with Crippen LogP contribution >= 0.6 is 27.3 Å². The Bertz CT molecular complexity index is 511. The lowest BCUT2D eigenvalue weighted by Gasteiger charge is -2.11. The van der Waals surface area contributed by atoms with Crippen LogP contribution in [0.3, 0.4) is 0 Å². The van der Waals surface area contributed by atoms with Crippen molar-refractivity contribution < 1.29 is 4.74 Å². The molecule has 0 aliphatic rings. The first kappa shape index (κ1) is 14.6. The summed E-state index contributed by atoms with van der Waals surface area (Å²) in [5, 5.41) is 7.57. The molecule has 0 radical (unpaired) electrons. The monoisotopic (exact) mass is 339 g/mol. The van der Waals surface area contributed by atoms with Crippen LogP contribution in [0.5, 0.6) is 5.75 Å². The van der Waals surface area contributed by atoms with Crippen LogP contribution in [0.2, 0.25) is 0 Å². The molecule has 102 valence electrons. The normalized spacial score (nSPS) is 10.9. The maximum atomic E-state index is 5.80. The van der Waals surface area contributed by atoms with Crippen LogP contribution in [0.1, 0.15) is 25.0 Å². The zero-order valence-electron chi connectivity index (χ0n) is 11.2. The van der Waals surface area contributed by atoms with Gasteiger partial charge in [0.2, 0.25) is 0 Å². The van der Waals surface area contributed by atoms with Gasteiger partial charge in [0.05, 0.1) is 4.47 Å². The number of thiophene rings is 1. The van der Waals surface area contributed by atoms with Crippen LogP contribution in [-0.2, 0) is 13.2 Å². The van der Waals surface area contributed by atoms with Crippen molar-refractivity contribution in [1.29, 1.82) is 0 Å². The molecule has 0 aliphatic heterocycles. The van der Waals surface area contributed by atoms with Crippen LogP contribution in [0.25, 0.3) is 0 Å². The van der Waals surface area contributed by atoms with Gasteiger partial charge in [0, 0.05) is 12.6 Å². The predicted molar refractivity (Wildman–Crippen MR) is 84.8 cm³/mol. The molecule has 0 spiro atoms. The van der Waals surface area contributed by atoms with Crippen LogP contribution in [-0.4, -0.2) is 6.04 Å². The molecule has 1 N–H and O–H groups in total. The van der Waals surface area contributed by atoms with Gasteiger partial charge in [-0.15, -0.1) is 0 Å². The Kier molecular flexibility index (Phi) is 5.43. The zero-order valence-corrected chi connectivity index (χ0v) is 13.6. The van der Waals surface area contributed by atoms with Gasteiger partial charge >= 0.3 is 0 Å². The second kappa shape index (κ2) is 7.08. The number of benzene rings is 1. The molecule has 4 heteroatoms. The molecule has 0 amide bonds. The molecule has 19 heavy (non-hydrogen) atoms. The molecule has 2 nitrogen and oxygen atoms in total. The van der Waals surface area contributed by atoms with E-state index in [0.717, 1.165) is 16.8 Å². The summed E-state index contributed by atoms with van der Waals surface area (Å²) in [6.45, 7) is 5.79. The molecule has 2 aromatic rings. The van der Waals surface area contributed by atoms with Crippen molar-refractivity contribution in [2.75, 3.05) is 0 Å². The fourth-order valence-electron chi connectivity index (χ4n) is 1.63. The minimum absolute atomic E-state index is 0.494. The van der Waals surface area contributed by atoms with Gasteiger partial charge in [0.25, 0.3) is 0 Å². The van der Waals surface area contributed by atoms with E-state index >= 15 is 0 Å². The Labute approximate surface area is 126 Å². The largest absolute Gasteiger partial charge is 0.488 e. The quantitative estimate of drug-likeness (QED) is 0.831. The smallest absolute Gasteiger partial charge is 0.134 e. The topological polar surface area (TPSA) is 21.3 Å². The van der Waals surface area contributed by atoms with E-state index in [4.69, 9.17) is 4.74 Å². The molecule has 0 saturated heterocycles. The fraction of sp³-hybridized carbons (Fsp3) is 0.333. The third-order valence-corrected chi connectivity index (χ3v) is 4.04. The van der Waals surface area contributed by atoms with E-state index in [0.29, 0.717) is 12.6 Å². The number of ether oxygens (including phenoxy) is 1. The Hall–Kier alpha value is -0.840. The highest BCUT2D eigenvalue weighted by molar-refractivity contribution is 9.10. The van der Waals surface area contributed by atoms with Crippen molar-refractivity contribution in [3.05, 3.63) is 50.6 Å². The van der Waals surface area contributed by atoms with Crippen molar-refractivity contribution in [2.24, 2.45) is 0 Å². The first-order chi connectivity index (χ1) is 9.15. The average molecular weight is 340 g/mol. The molecule has 0 unspecified atom stereocenters. The highest BCUT2D eigenvalue weighted by Gasteiger charge is 2.04. The summed E-state index contributed by atoms with van der Waals surface area (Å²) in [5.74, 6) is 0.888. The third kappa shape index (κ3) is 4.64. The SMILES string of the molecule is CC(C)NCc1ccc(OCc2ccsc2)c(Br)c1. The Morgan fingerprint density at radius 1 is 1.26 bits per heavy atom. The summed E-state index contributed by atoms with van der Waals surface area (Å²) in [6, 6.07) is 8.81. The second-order valence-corrected chi connectivity index (χ2v) is 6.36. The van der Waals surface area contributed by atoms with E-state index in [1.54, 1.807) is 11.3 Å². The molecular weight excluding hydrogens is 322 g/mol. The van der Waals surface area contributed by atoms with E-state index in [2.05, 4.69) is 64.1 Å². The summed E-state index contributed by atoms with van der Waals surface area (Å²) in [6.07, 6.45) is 0. The maximum absolute atomic E-state index is 5.80. The third-order valence-electron chi connectivity index (χ3n) is 2.69. The van der Waals surface area contributed by atoms with Crippen molar-refractivity contribution in [3.63, 3.8) is 0 Å². The molecule has 0 aliphatic carbocycles.